The maximum Gasteiger partial charge on any atom is 0.295 e. The number of ether oxygens (including phenoxy) is 2. The fourth-order valence-electron chi connectivity index (χ4n) is 4.17. The highest BCUT2D eigenvalue weighted by Gasteiger charge is 2.45. The average molecular weight is 476 g/mol. The number of aliphatic hydroxyl groups excluding tert-OH is 1. The van der Waals surface area contributed by atoms with Crippen LogP contribution in [0.4, 0.5) is 0 Å². The lowest BCUT2D eigenvalue weighted by atomic mass is 9.95. The van der Waals surface area contributed by atoms with Crippen molar-refractivity contribution in [3.8, 4) is 11.5 Å². The molecule has 0 spiro atoms. The van der Waals surface area contributed by atoms with Gasteiger partial charge in [-0.05, 0) is 54.8 Å². The molecule has 3 aromatic rings. The van der Waals surface area contributed by atoms with Gasteiger partial charge < -0.3 is 24.0 Å². The number of hydrogen-bond acceptors (Lipinski definition) is 6. The average Bonchev–Trinajstić information content (AvgIpc) is 3.50. The number of carbonyl (C=O) groups is 2. The van der Waals surface area contributed by atoms with Crippen molar-refractivity contribution in [3.63, 3.8) is 0 Å². The van der Waals surface area contributed by atoms with E-state index in [4.69, 9.17) is 9.47 Å². The van der Waals surface area contributed by atoms with Crippen LogP contribution in [0.5, 0.6) is 11.5 Å². The number of ketones is 1. The summed E-state index contributed by atoms with van der Waals surface area (Å²) >= 11 is 0. The molecule has 2 heterocycles. The Hall–Kier alpha value is -4.07. The zero-order valence-corrected chi connectivity index (χ0v) is 19.9. The summed E-state index contributed by atoms with van der Waals surface area (Å²) in [7, 11) is 1.55. The quantitative estimate of drug-likeness (QED) is 0.268. The molecule has 1 atom stereocenters. The van der Waals surface area contributed by atoms with E-state index in [0.29, 0.717) is 43.2 Å². The number of hydrogen-bond donors (Lipinski definition) is 1. The van der Waals surface area contributed by atoms with Gasteiger partial charge in [-0.25, -0.2) is 4.98 Å². The normalized spacial score (nSPS) is 17.1. The zero-order chi connectivity index (χ0) is 24.8. The molecule has 1 N–H and O–H groups in total. The molecule has 0 radical (unpaired) electrons. The summed E-state index contributed by atoms with van der Waals surface area (Å²) < 4.78 is 12.8. The first-order valence-electron chi connectivity index (χ1n) is 11.6. The predicted molar refractivity (Wildman–Crippen MR) is 131 cm³/mol. The summed E-state index contributed by atoms with van der Waals surface area (Å²) in [5.74, 6) is -0.192. The lowest BCUT2D eigenvalue weighted by molar-refractivity contribution is -0.139. The number of nitrogens with zero attached hydrogens (tertiary/aromatic N) is 3. The number of methoxy groups -OCH3 is 1. The van der Waals surface area contributed by atoms with Gasteiger partial charge in [0.1, 0.15) is 17.3 Å². The van der Waals surface area contributed by atoms with Gasteiger partial charge in [-0.1, -0.05) is 19.1 Å². The molecule has 182 valence electrons. The molecule has 0 unspecified atom stereocenters. The first-order valence-corrected chi connectivity index (χ1v) is 11.6. The Morgan fingerprint density at radius 3 is 2.37 bits per heavy atom. The molecule has 35 heavy (non-hydrogen) atoms. The molecule has 1 aliphatic heterocycles. The second kappa shape index (κ2) is 10.9. The van der Waals surface area contributed by atoms with Crippen LogP contribution in [0.2, 0.25) is 0 Å². The second-order valence-corrected chi connectivity index (χ2v) is 8.29. The minimum Gasteiger partial charge on any atom is -0.507 e. The number of imidazole rings is 1. The van der Waals surface area contributed by atoms with Gasteiger partial charge in [0.2, 0.25) is 0 Å². The molecule has 8 heteroatoms. The highest BCUT2D eigenvalue weighted by atomic mass is 16.5. The van der Waals surface area contributed by atoms with Crippen molar-refractivity contribution in [2.24, 2.45) is 0 Å². The van der Waals surface area contributed by atoms with E-state index in [0.717, 1.165) is 12.0 Å². The first kappa shape index (κ1) is 24.1. The van der Waals surface area contributed by atoms with Crippen molar-refractivity contribution in [3.05, 3.63) is 84.0 Å². The molecule has 2 aromatic carbocycles. The number of aromatic nitrogens is 2. The van der Waals surface area contributed by atoms with Gasteiger partial charge in [0.15, 0.2) is 0 Å². The third-order valence-corrected chi connectivity index (χ3v) is 5.95. The number of rotatable bonds is 10. The maximum atomic E-state index is 13.2. The molecule has 1 aliphatic rings. The van der Waals surface area contributed by atoms with Gasteiger partial charge in [0.25, 0.3) is 11.7 Å². The van der Waals surface area contributed by atoms with Crippen molar-refractivity contribution in [1.82, 2.24) is 14.5 Å². The Morgan fingerprint density at radius 2 is 1.74 bits per heavy atom. The molecular formula is C27H29N3O5. The summed E-state index contributed by atoms with van der Waals surface area (Å²) in [6, 6.07) is 13.3. The van der Waals surface area contributed by atoms with Crippen LogP contribution in [0.1, 0.15) is 36.9 Å². The third-order valence-electron chi connectivity index (χ3n) is 5.95. The van der Waals surface area contributed by atoms with E-state index in [1.54, 1.807) is 43.9 Å². The molecule has 0 bridgehead atoms. The molecule has 8 nitrogen and oxygen atoms in total. The van der Waals surface area contributed by atoms with E-state index in [1.165, 1.54) is 4.90 Å². The van der Waals surface area contributed by atoms with Crippen molar-refractivity contribution in [2.75, 3.05) is 20.3 Å². The van der Waals surface area contributed by atoms with E-state index in [2.05, 4.69) is 4.98 Å². The van der Waals surface area contributed by atoms with Crippen LogP contribution in [0, 0.1) is 0 Å². The first-order chi connectivity index (χ1) is 17.0. The fraction of sp³-hybridized carbons (Fsp3) is 0.296. The lowest BCUT2D eigenvalue weighted by Crippen LogP contribution is -2.31. The standard InChI is InChI=1S/C27H29N3O5/c1-3-17-35-22-11-5-19(6-12-22)24-23(25(31)20-7-9-21(34-2)10-8-20)26(32)27(33)30(24)15-4-14-29-16-13-28-18-29/h5-13,16,18,24,31H,3-4,14-15,17H2,1-2H3/b25-23+/t24-/m1/s1. The Morgan fingerprint density at radius 1 is 1.03 bits per heavy atom. The smallest absolute Gasteiger partial charge is 0.295 e. The Bertz CT molecular complexity index is 1180. The fourth-order valence-corrected chi connectivity index (χ4v) is 4.17. The number of carbonyl (C=O) groups excluding carboxylic acids is 2. The second-order valence-electron chi connectivity index (χ2n) is 8.29. The minimum atomic E-state index is -0.708. The van der Waals surface area contributed by atoms with Crippen LogP contribution >= 0.6 is 0 Å². The summed E-state index contributed by atoms with van der Waals surface area (Å²) in [4.78, 5) is 31.8. The van der Waals surface area contributed by atoms with Crippen molar-refractivity contribution in [1.29, 1.82) is 0 Å². The number of benzene rings is 2. The van der Waals surface area contributed by atoms with E-state index in [-0.39, 0.29) is 11.3 Å². The van der Waals surface area contributed by atoms with Crippen molar-refractivity contribution < 1.29 is 24.2 Å². The van der Waals surface area contributed by atoms with Gasteiger partial charge in [-0.15, -0.1) is 0 Å². The zero-order valence-electron chi connectivity index (χ0n) is 19.9. The van der Waals surface area contributed by atoms with Crippen molar-refractivity contribution in [2.45, 2.75) is 32.4 Å². The molecule has 1 amide bonds. The van der Waals surface area contributed by atoms with Crippen LogP contribution in [-0.4, -0.2) is 51.5 Å². The summed E-state index contributed by atoms with van der Waals surface area (Å²) in [5, 5.41) is 11.2. The summed E-state index contributed by atoms with van der Waals surface area (Å²) in [6.07, 6.45) is 6.78. The molecule has 1 saturated heterocycles. The molecule has 1 aromatic heterocycles. The monoisotopic (exact) mass is 475 g/mol. The van der Waals surface area contributed by atoms with E-state index in [9.17, 15) is 14.7 Å². The molecule has 0 aliphatic carbocycles. The highest BCUT2D eigenvalue weighted by molar-refractivity contribution is 6.46. The van der Waals surface area contributed by atoms with Crippen LogP contribution in [0.25, 0.3) is 5.76 Å². The third kappa shape index (κ3) is 5.21. The predicted octanol–water partition coefficient (Wildman–Crippen LogP) is 4.19. The molecule has 4 rings (SSSR count). The maximum absolute atomic E-state index is 13.2. The van der Waals surface area contributed by atoms with Gasteiger partial charge >= 0.3 is 0 Å². The molecular weight excluding hydrogens is 446 g/mol. The molecule has 0 saturated carbocycles. The van der Waals surface area contributed by atoms with Gasteiger partial charge in [0.05, 0.1) is 31.7 Å². The number of amides is 1. The number of likely N-dealkylation sites (tertiary alicyclic amines) is 1. The van der Waals surface area contributed by atoms with Crippen LogP contribution < -0.4 is 9.47 Å². The van der Waals surface area contributed by atoms with E-state index < -0.39 is 17.7 Å². The van der Waals surface area contributed by atoms with E-state index in [1.807, 2.05) is 42.0 Å². The van der Waals surface area contributed by atoms with Gasteiger partial charge in [-0.2, -0.15) is 0 Å². The Kier molecular flexibility index (Phi) is 7.50. The highest BCUT2D eigenvalue weighted by Crippen LogP contribution is 2.40. The Labute approximate surface area is 204 Å². The van der Waals surface area contributed by atoms with Crippen LogP contribution in [-0.2, 0) is 16.1 Å². The van der Waals surface area contributed by atoms with E-state index >= 15 is 0 Å². The largest absolute Gasteiger partial charge is 0.507 e. The number of aryl methyl sites for hydroxylation is 1. The summed E-state index contributed by atoms with van der Waals surface area (Å²) in [6.45, 7) is 3.63. The van der Waals surface area contributed by atoms with Crippen molar-refractivity contribution >= 4 is 17.4 Å². The lowest BCUT2D eigenvalue weighted by Gasteiger charge is -2.25. The Balaban J connectivity index is 1.69. The topological polar surface area (TPSA) is 93.9 Å². The number of Topliss-reactive ketones (excluding diaryl/α,β-unsaturated/α-hetero) is 1. The SMILES string of the molecule is CCCOc1ccc([C@@H]2/C(=C(\O)c3ccc(OC)cc3)C(=O)C(=O)N2CCCn2ccnc2)cc1. The summed E-state index contributed by atoms with van der Waals surface area (Å²) in [5.41, 5.74) is 1.24. The van der Waals surface area contributed by atoms with Crippen LogP contribution in [0.15, 0.2) is 72.8 Å². The van der Waals surface area contributed by atoms with Gasteiger partial charge in [0, 0.05) is 31.0 Å². The minimum absolute atomic E-state index is 0.0741. The number of aliphatic hydroxyl groups is 1. The van der Waals surface area contributed by atoms with Crippen LogP contribution in [0.3, 0.4) is 0 Å². The molecule has 1 fully saturated rings. The van der Waals surface area contributed by atoms with Gasteiger partial charge in [-0.3, -0.25) is 9.59 Å².